The van der Waals surface area contributed by atoms with Gasteiger partial charge in [0.2, 0.25) is 0 Å². The molecule has 114 valence electrons. The third kappa shape index (κ3) is 3.23. The summed E-state index contributed by atoms with van der Waals surface area (Å²) in [6.07, 6.45) is 3.77. The zero-order valence-corrected chi connectivity index (χ0v) is 12.2. The number of likely N-dealkylation sites (tertiary alicyclic amines) is 1. The fourth-order valence-corrected chi connectivity index (χ4v) is 2.93. The van der Waals surface area contributed by atoms with Gasteiger partial charge in [-0.25, -0.2) is 4.79 Å². The summed E-state index contributed by atoms with van der Waals surface area (Å²) in [5.74, 6) is -1.25. The topological polar surface area (TPSA) is 78.9 Å². The molecule has 2 aliphatic rings. The second-order valence-electron chi connectivity index (χ2n) is 6.07. The molecule has 6 nitrogen and oxygen atoms in total. The maximum absolute atomic E-state index is 12.2. The average molecular weight is 284 g/mol. The minimum atomic E-state index is -0.813. The zero-order valence-electron chi connectivity index (χ0n) is 12.2. The lowest BCUT2D eigenvalue weighted by atomic mass is 10.0. The number of carbonyl (C=O) groups excluding carboxylic acids is 1. The van der Waals surface area contributed by atoms with E-state index in [2.05, 4.69) is 5.32 Å². The van der Waals surface area contributed by atoms with Crippen molar-refractivity contribution in [2.75, 3.05) is 26.8 Å². The number of carboxylic acid groups (broad SMARTS) is 1. The molecule has 2 fully saturated rings. The molecule has 1 aliphatic heterocycles. The van der Waals surface area contributed by atoms with Gasteiger partial charge in [0, 0.05) is 32.8 Å². The van der Waals surface area contributed by atoms with E-state index < -0.39 is 11.9 Å². The van der Waals surface area contributed by atoms with E-state index in [9.17, 15) is 9.59 Å². The standard InChI is InChI=1S/C14H24N2O4/c1-10-11(12(17)18)3-7-16(10)13(19)15-9-14(4-5-14)6-8-20-2/h10-11H,3-9H2,1-2H3,(H,15,19)(H,17,18). The lowest BCUT2D eigenvalue weighted by Gasteiger charge is -2.25. The van der Waals surface area contributed by atoms with E-state index in [4.69, 9.17) is 9.84 Å². The molecule has 20 heavy (non-hydrogen) atoms. The van der Waals surface area contributed by atoms with E-state index >= 15 is 0 Å². The van der Waals surface area contributed by atoms with Crippen LogP contribution in [0.3, 0.4) is 0 Å². The number of urea groups is 1. The molecule has 0 aromatic rings. The van der Waals surface area contributed by atoms with Crippen LogP contribution < -0.4 is 5.32 Å². The molecule has 2 rings (SSSR count). The van der Waals surface area contributed by atoms with Crippen LogP contribution in [0, 0.1) is 11.3 Å². The Morgan fingerprint density at radius 1 is 1.45 bits per heavy atom. The highest BCUT2D eigenvalue weighted by atomic mass is 16.5. The van der Waals surface area contributed by atoms with Gasteiger partial charge in [-0.3, -0.25) is 4.79 Å². The quantitative estimate of drug-likeness (QED) is 0.770. The Morgan fingerprint density at radius 2 is 2.15 bits per heavy atom. The van der Waals surface area contributed by atoms with Crippen molar-refractivity contribution in [3.8, 4) is 0 Å². The summed E-state index contributed by atoms with van der Waals surface area (Å²) >= 11 is 0. The van der Waals surface area contributed by atoms with Crippen LogP contribution in [0.15, 0.2) is 0 Å². The summed E-state index contributed by atoms with van der Waals surface area (Å²) in [6.45, 7) is 3.71. The van der Waals surface area contributed by atoms with E-state index in [0.717, 1.165) is 25.9 Å². The number of carboxylic acids is 1. The maximum Gasteiger partial charge on any atom is 0.317 e. The molecule has 1 heterocycles. The third-order valence-electron chi connectivity index (χ3n) is 4.74. The monoisotopic (exact) mass is 284 g/mol. The zero-order chi connectivity index (χ0) is 14.8. The van der Waals surface area contributed by atoms with Gasteiger partial charge < -0.3 is 20.1 Å². The summed E-state index contributed by atoms with van der Waals surface area (Å²) < 4.78 is 5.09. The molecule has 0 radical (unpaired) electrons. The Balaban J connectivity index is 1.80. The maximum atomic E-state index is 12.2. The molecule has 1 saturated heterocycles. The van der Waals surface area contributed by atoms with E-state index in [1.165, 1.54) is 0 Å². The van der Waals surface area contributed by atoms with Crippen LogP contribution in [-0.4, -0.2) is 54.9 Å². The van der Waals surface area contributed by atoms with Crippen molar-refractivity contribution < 1.29 is 19.4 Å². The third-order valence-corrected chi connectivity index (χ3v) is 4.74. The number of nitrogens with zero attached hydrogens (tertiary/aromatic N) is 1. The Morgan fingerprint density at radius 3 is 2.65 bits per heavy atom. The Labute approximate surface area is 119 Å². The molecule has 6 heteroatoms. The Kier molecular flexibility index (Phi) is 4.52. The lowest BCUT2D eigenvalue weighted by molar-refractivity contribution is -0.142. The van der Waals surface area contributed by atoms with E-state index in [0.29, 0.717) is 19.5 Å². The van der Waals surface area contributed by atoms with E-state index in [1.807, 2.05) is 6.92 Å². The molecule has 1 saturated carbocycles. The largest absolute Gasteiger partial charge is 0.481 e. The second kappa shape index (κ2) is 5.99. The summed E-state index contributed by atoms with van der Waals surface area (Å²) in [7, 11) is 1.69. The number of rotatable bonds is 6. The molecule has 2 amide bonds. The van der Waals surface area contributed by atoms with Crippen molar-refractivity contribution in [1.82, 2.24) is 10.2 Å². The predicted molar refractivity (Wildman–Crippen MR) is 73.5 cm³/mol. The number of nitrogens with one attached hydrogen (secondary N) is 1. The van der Waals surface area contributed by atoms with Gasteiger partial charge in [0.05, 0.1) is 5.92 Å². The smallest absolute Gasteiger partial charge is 0.317 e. The first kappa shape index (κ1) is 15.1. The summed E-state index contributed by atoms with van der Waals surface area (Å²) in [6, 6.07) is -0.369. The molecule has 1 aliphatic carbocycles. The van der Waals surface area contributed by atoms with Crippen molar-refractivity contribution in [3.63, 3.8) is 0 Å². The molecule has 0 bridgehead atoms. The highest BCUT2D eigenvalue weighted by Gasteiger charge is 2.43. The SMILES string of the molecule is COCCC1(CNC(=O)N2CCC(C(=O)O)C2C)CC1. The summed E-state index contributed by atoms with van der Waals surface area (Å²) in [4.78, 5) is 24.9. The van der Waals surface area contributed by atoms with Gasteiger partial charge >= 0.3 is 12.0 Å². The van der Waals surface area contributed by atoms with Gasteiger partial charge in [0.25, 0.3) is 0 Å². The molecular formula is C14H24N2O4. The highest BCUT2D eigenvalue weighted by Crippen LogP contribution is 2.48. The van der Waals surface area contributed by atoms with Gasteiger partial charge in [-0.1, -0.05) is 0 Å². The first-order chi connectivity index (χ1) is 9.49. The fourth-order valence-electron chi connectivity index (χ4n) is 2.93. The number of ether oxygens (including phenoxy) is 1. The van der Waals surface area contributed by atoms with Crippen LogP contribution >= 0.6 is 0 Å². The molecule has 2 unspecified atom stereocenters. The van der Waals surface area contributed by atoms with Crippen LogP contribution in [0.4, 0.5) is 4.79 Å². The lowest BCUT2D eigenvalue weighted by Crippen LogP contribution is -2.45. The summed E-state index contributed by atoms with van der Waals surface area (Å²) in [5.41, 5.74) is 0.209. The number of hydrogen-bond donors (Lipinski definition) is 2. The Hall–Kier alpha value is -1.30. The first-order valence-corrected chi connectivity index (χ1v) is 7.25. The molecule has 2 N–H and O–H groups in total. The Bertz CT molecular complexity index is 381. The van der Waals surface area contributed by atoms with Gasteiger partial charge in [-0.2, -0.15) is 0 Å². The highest BCUT2D eigenvalue weighted by molar-refractivity contribution is 5.78. The van der Waals surface area contributed by atoms with Gasteiger partial charge in [0.15, 0.2) is 0 Å². The molecule has 2 atom stereocenters. The molecule has 0 spiro atoms. The molecule has 0 aromatic heterocycles. The van der Waals surface area contributed by atoms with Crippen molar-refractivity contribution in [3.05, 3.63) is 0 Å². The van der Waals surface area contributed by atoms with Crippen molar-refractivity contribution in [2.45, 2.75) is 38.6 Å². The van der Waals surface area contributed by atoms with Gasteiger partial charge in [0.1, 0.15) is 0 Å². The molecular weight excluding hydrogens is 260 g/mol. The van der Waals surface area contributed by atoms with Crippen LogP contribution in [0.25, 0.3) is 0 Å². The van der Waals surface area contributed by atoms with Crippen LogP contribution in [0.1, 0.15) is 32.6 Å². The minimum absolute atomic E-state index is 0.134. The predicted octanol–water partition coefficient (Wildman–Crippen LogP) is 1.31. The van der Waals surface area contributed by atoms with Gasteiger partial charge in [-0.05, 0) is 38.0 Å². The number of aliphatic carboxylic acids is 1. The van der Waals surface area contributed by atoms with Crippen molar-refractivity contribution >= 4 is 12.0 Å². The van der Waals surface area contributed by atoms with E-state index in [-0.39, 0.29) is 17.5 Å². The van der Waals surface area contributed by atoms with E-state index in [1.54, 1.807) is 12.0 Å². The molecule has 0 aromatic carbocycles. The minimum Gasteiger partial charge on any atom is -0.481 e. The normalized spacial score (nSPS) is 27.4. The van der Waals surface area contributed by atoms with Gasteiger partial charge in [-0.15, -0.1) is 0 Å². The summed E-state index contributed by atoms with van der Waals surface area (Å²) in [5, 5.41) is 12.0. The first-order valence-electron chi connectivity index (χ1n) is 7.25. The number of amides is 2. The van der Waals surface area contributed by atoms with Crippen LogP contribution in [0.5, 0.6) is 0 Å². The van der Waals surface area contributed by atoms with Crippen LogP contribution in [-0.2, 0) is 9.53 Å². The average Bonchev–Trinajstić information content (AvgIpc) is 3.08. The number of methoxy groups -OCH3 is 1. The number of hydrogen-bond acceptors (Lipinski definition) is 3. The second-order valence-corrected chi connectivity index (χ2v) is 6.07. The van der Waals surface area contributed by atoms with Crippen molar-refractivity contribution in [1.29, 1.82) is 0 Å². The fraction of sp³-hybridized carbons (Fsp3) is 0.857. The van der Waals surface area contributed by atoms with Crippen molar-refractivity contribution in [2.24, 2.45) is 11.3 Å². The number of carbonyl (C=O) groups is 2. The van der Waals surface area contributed by atoms with Crippen LogP contribution in [0.2, 0.25) is 0 Å².